The van der Waals surface area contributed by atoms with E-state index in [-0.39, 0.29) is 23.2 Å². The van der Waals surface area contributed by atoms with Crippen molar-refractivity contribution in [2.75, 3.05) is 12.9 Å². The second kappa shape index (κ2) is 7.10. The highest BCUT2D eigenvalue weighted by molar-refractivity contribution is 7.85. The minimum absolute atomic E-state index is 0.116. The summed E-state index contributed by atoms with van der Waals surface area (Å²) in [5, 5.41) is -0.267. The summed E-state index contributed by atoms with van der Waals surface area (Å²) in [6.07, 6.45) is 1.79. The highest BCUT2D eigenvalue weighted by Crippen LogP contribution is 2.03. The number of hydrogen-bond donors (Lipinski definition) is 0. The lowest BCUT2D eigenvalue weighted by Gasteiger charge is -2.10. The van der Waals surface area contributed by atoms with Crippen molar-refractivity contribution in [1.82, 2.24) is 4.57 Å². The van der Waals surface area contributed by atoms with Crippen molar-refractivity contribution in [3.63, 3.8) is 0 Å². The third-order valence-corrected chi connectivity index (χ3v) is 4.21. The number of esters is 1. The number of methoxy groups -OCH3 is 1. The van der Waals surface area contributed by atoms with Gasteiger partial charge in [-0.2, -0.15) is 0 Å². The van der Waals surface area contributed by atoms with Crippen LogP contribution in [0.5, 0.6) is 0 Å². The van der Waals surface area contributed by atoms with Crippen LogP contribution in [-0.2, 0) is 26.9 Å². The highest BCUT2D eigenvalue weighted by Gasteiger charge is 2.15. The molecule has 5 nitrogen and oxygen atoms in total. The van der Waals surface area contributed by atoms with E-state index in [0.717, 1.165) is 0 Å². The Balaban J connectivity index is 2.49. The summed E-state index contributed by atoms with van der Waals surface area (Å²) in [4.78, 5) is 22.5. The Labute approximate surface area is 108 Å². The van der Waals surface area contributed by atoms with Crippen molar-refractivity contribution >= 4 is 16.8 Å². The fourth-order valence-corrected chi connectivity index (χ4v) is 2.55. The second-order valence-electron chi connectivity index (χ2n) is 3.91. The van der Waals surface area contributed by atoms with Crippen LogP contribution in [-0.4, -0.2) is 32.9 Å². The number of aromatic nitrogens is 1. The molecular formula is C12H17NO4S. The molecule has 0 aliphatic carbocycles. The monoisotopic (exact) mass is 271 g/mol. The highest BCUT2D eigenvalue weighted by atomic mass is 32.2. The largest absolute Gasteiger partial charge is 0.469 e. The third kappa shape index (κ3) is 4.44. The molecule has 18 heavy (non-hydrogen) atoms. The first kappa shape index (κ1) is 14.6. The Morgan fingerprint density at radius 1 is 1.50 bits per heavy atom. The Morgan fingerprint density at radius 2 is 2.22 bits per heavy atom. The summed E-state index contributed by atoms with van der Waals surface area (Å²) in [6, 6.07) is 4.87. The van der Waals surface area contributed by atoms with Crippen LogP contribution in [0, 0.1) is 0 Å². The van der Waals surface area contributed by atoms with Crippen LogP contribution in [0.2, 0.25) is 0 Å². The predicted octanol–water partition coefficient (Wildman–Crippen LogP) is 0.549. The average Bonchev–Trinajstić information content (AvgIpc) is 2.37. The van der Waals surface area contributed by atoms with Crippen LogP contribution in [0.15, 0.2) is 29.2 Å². The Kier molecular flexibility index (Phi) is 5.77. The number of carbonyl (C=O) groups excluding carboxylic acids is 1. The van der Waals surface area contributed by atoms with Crippen molar-refractivity contribution in [3.8, 4) is 0 Å². The summed E-state index contributed by atoms with van der Waals surface area (Å²) in [6.45, 7) is 2.12. The van der Waals surface area contributed by atoms with Gasteiger partial charge in [-0.05, 0) is 6.07 Å². The van der Waals surface area contributed by atoms with Crippen LogP contribution in [0.1, 0.15) is 13.3 Å². The standard InChI is InChI=1S/C12H17NO4S/c1-10(9-12(15)17-2)18(16)8-7-13-6-4-3-5-11(13)14/h3-6,10H,7-9H2,1-2H3. The third-order valence-electron chi connectivity index (χ3n) is 2.56. The molecule has 0 aliphatic rings. The summed E-state index contributed by atoms with van der Waals surface area (Å²) in [7, 11) is 0.151. The minimum atomic E-state index is -1.16. The molecule has 1 rings (SSSR count). The van der Waals surface area contributed by atoms with Crippen molar-refractivity contribution in [2.45, 2.75) is 25.1 Å². The van der Waals surface area contributed by atoms with E-state index in [1.165, 1.54) is 17.7 Å². The summed E-state index contributed by atoms with van der Waals surface area (Å²) in [5.74, 6) is -0.0186. The first-order valence-electron chi connectivity index (χ1n) is 5.64. The van der Waals surface area contributed by atoms with Gasteiger partial charge >= 0.3 is 5.97 Å². The molecule has 2 atom stereocenters. The van der Waals surface area contributed by atoms with E-state index >= 15 is 0 Å². The Hall–Kier alpha value is -1.43. The van der Waals surface area contributed by atoms with Gasteiger partial charge in [0, 0.05) is 40.6 Å². The molecule has 0 bridgehead atoms. The fraction of sp³-hybridized carbons (Fsp3) is 0.500. The zero-order valence-corrected chi connectivity index (χ0v) is 11.3. The molecule has 6 heteroatoms. The average molecular weight is 271 g/mol. The Bertz CT molecular complexity index is 483. The maximum absolute atomic E-state index is 11.9. The first-order valence-corrected chi connectivity index (χ1v) is 7.02. The van der Waals surface area contributed by atoms with E-state index in [1.54, 1.807) is 25.3 Å². The molecule has 0 amide bonds. The zero-order valence-electron chi connectivity index (χ0n) is 10.5. The van der Waals surface area contributed by atoms with E-state index in [4.69, 9.17) is 0 Å². The number of ether oxygens (including phenoxy) is 1. The van der Waals surface area contributed by atoms with Crippen LogP contribution in [0.4, 0.5) is 0 Å². The number of nitrogens with zero attached hydrogens (tertiary/aromatic N) is 1. The molecule has 0 saturated carbocycles. The molecule has 0 N–H and O–H groups in total. The van der Waals surface area contributed by atoms with Crippen LogP contribution < -0.4 is 5.56 Å². The topological polar surface area (TPSA) is 65.4 Å². The van der Waals surface area contributed by atoms with Crippen molar-refractivity contribution in [1.29, 1.82) is 0 Å². The van der Waals surface area contributed by atoms with Gasteiger partial charge in [-0.15, -0.1) is 0 Å². The molecule has 0 saturated heterocycles. The first-order chi connectivity index (χ1) is 8.54. The maximum Gasteiger partial charge on any atom is 0.306 e. The molecule has 1 heterocycles. The lowest BCUT2D eigenvalue weighted by Crippen LogP contribution is -2.25. The van der Waals surface area contributed by atoms with E-state index < -0.39 is 10.8 Å². The molecule has 0 spiro atoms. The zero-order chi connectivity index (χ0) is 13.5. The number of hydrogen-bond acceptors (Lipinski definition) is 4. The molecule has 0 radical (unpaired) electrons. The molecule has 1 aromatic rings. The van der Waals surface area contributed by atoms with Crippen molar-refractivity contribution in [2.24, 2.45) is 0 Å². The predicted molar refractivity (Wildman–Crippen MR) is 69.8 cm³/mol. The molecule has 100 valence electrons. The van der Waals surface area contributed by atoms with E-state index in [9.17, 15) is 13.8 Å². The van der Waals surface area contributed by atoms with Gasteiger partial charge in [0.05, 0.1) is 13.5 Å². The van der Waals surface area contributed by atoms with Gasteiger partial charge in [0.1, 0.15) is 0 Å². The van der Waals surface area contributed by atoms with Crippen LogP contribution in [0.3, 0.4) is 0 Å². The number of pyridine rings is 1. The molecule has 2 unspecified atom stereocenters. The number of carbonyl (C=O) groups is 1. The molecule has 0 aliphatic heterocycles. The number of rotatable bonds is 6. The SMILES string of the molecule is COC(=O)CC(C)S(=O)CCn1ccccc1=O. The smallest absolute Gasteiger partial charge is 0.306 e. The lowest BCUT2D eigenvalue weighted by molar-refractivity contribution is -0.140. The van der Waals surface area contributed by atoms with Gasteiger partial charge in [-0.1, -0.05) is 13.0 Å². The van der Waals surface area contributed by atoms with Gasteiger partial charge < -0.3 is 9.30 Å². The van der Waals surface area contributed by atoms with Crippen LogP contribution in [0.25, 0.3) is 0 Å². The van der Waals surface area contributed by atoms with Gasteiger partial charge in [0.15, 0.2) is 0 Å². The van der Waals surface area contributed by atoms with E-state index in [0.29, 0.717) is 12.3 Å². The molecule has 0 aromatic carbocycles. The number of aryl methyl sites for hydroxylation is 1. The van der Waals surface area contributed by atoms with E-state index in [2.05, 4.69) is 4.74 Å². The van der Waals surface area contributed by atoms with Gasteiger partial charge in [-0.25, -0.2) is 0 Å². The van der Waals surface area contributed by atoms with Crippen molar-refractivity contribution in [3.05, 3.63) is 34.7 Å². The Morgan fingerprint density at radius 3 is 2.83 bits per heavy atom. The summed E-state index contributed by atoms with van der Waals surface area (Å²) in [5.41, 5.74) is -0.116. The minimum Gasteiger partial charge on any atom is -0.469 e. The fourth-order valence-electron chi connectivity index (χ4n) is 1.45. The lowest BCUT2D eigenvalue weighted by atomic mass is 10.3. The molecular weight excluding hydrogens is 254 g/mol. The van der Waals surface area contributed by atoms with Crippen molar-refractivity contribution < 1.29 is 13.7 Å². The van der Waals surface area contributed by atoms with Gasteiger partial charge in [-0.3, -0.25) is 13.8 Å². The van der Waals surface area contributed by atoms with Gasteiger partial charge in [0.2, 0.25) is 0 Å². The quantitative estimate of drug-likeness (QED) is 0.709. The second-order valence-corrected chi connectivity index (χ2v) is 5.88. The molecule has 0 fully saturated rings. The summed E-state index contributed by atoms with van der Waals surface area (Å²) < 4.78 is 17.9. The normalized spacial score (nSPS) is 13.9. The van der Waals surface area contributed by atoms with Gasteiger partial charge in [0.25, 0.3) is 5.56 Å². The van der Waals surface area contributed by atoms with E-state index in [1.807, 2.05) is 0 Å². The van der Waals surface area contributed by atoms with Crippen LogP contribution >= 0.6 is 0 Å². The summed E-state index contributed by atoms with van der Waals surface area (Å²) >= 11 is 0. The maximum atomic E-state index is 11.9. The molecule has 1 aromatic heterocycles.